The summed E-state index contributed by atoms with van der Waals surface area (Å²) in [6.07, 6.45) is 0. The van der Waals surface area contributed by atoms with Crippen LogP contribution in [-0.4, -0.2) is 28.7 Å². The van der Waals surface area contributed by atoms with Crippen LogP contribution in [0.1, 0.15) is 18.1 Å². The highest BCUT2D eigenvalue weighted by Crippen LogP contribution is 2.15. The molecule has 0 bridgehead atoms. The van der Waals surface area contributed by atoms with Gasteiger partial charge >= 0.3 is 0 Å². The van der Waals surface area contributed by atoms with E-state index in [1.807, 2.05) is 38.1 Å². The first kappa shape index (κ1) is 19.4. The maximum Gasteiger partial charge on any atom is 0.296 e. The lowest BCUT2D eigenvalue weighted by Crippen LogP contribution is -2.16. The van der Waals surface area contributed by atoms with Gasteiger partial charge < -0.3 is 9.47 Å². The summed E-state index contributed by atoms with van der Waals surface area (Å²) in [6, 6.07) is 14.2. The van der Waals surface area contributed by atoms with Crippen molar-refractivity contribution in [1.29, 1.82) is 0 Å². The second kappa shape index (κ2) is 8.99. The molecule has 0 saturated carbocycles. The zero-order chi connectivity index (χ0) is 18.3. The topological polar surface area (TPSA) is 61.8 Å². The van der Waals surface area contributed by atoms with Gasteiger partial charge in [-0.3, -0.25) is 4.18 Å². The molecule has 0 radical (unpaired) electrons. The van der Waals surface area contributed by atoms with Gasteiger partial charge in [0.15, 0.2) is 0 Å². The zero-order valence-corrected chi connectivity index (χ0v) is 15.6. The molecule has 6 heteroatoms. The molecule has 0 aromatic heterocycles. The SMILES string of the molecule is COc1ccc(COC[C@@H](C)COS(=O)(=O)c2ccc(C)cc2)cc1. The Balaban J connectivity index is 1.76. The summed E-state index contributed by atoms with van der Waals surface area (Å²) in [5.41, 5.74) is 2.03. The van der Waals surface area contributed by atoms with E-state index in [1.54, 1.807) is 31.4 Å². The molecule has 5 nitrogen and oxygen atoms in total. The summed E-state index contributed by atoms with van der Waals surface area (Å²) in [4.78, 5) is 0.171. The van der Waals surface area contributed by atoms with E-state index < -0.39 is 10.1 Å². The average Bonchev–Trinajstić information content (AvgIpc) is 2.61. The standard InChI is InChI=1S/C19H24O5S/c1-15-4-10-19(11-5-15)25(20,21)24-13-16(2)12-23-14-17-6-8-18(22-3)9-7-17/h4-11,16H,12-14H2,1-3H3/t16-/m1/s1. The highest BCUT2D eigenvalue weighted by molar-refractivity contribution is 7.86. The van der Waals surface area contributed by atoms with Gasteiger partial charge in [0.2, 0.25) is 0 Å². The van der Waals surface area contributed by atoms with E-state index in [1.165, 1.54) is 0 Å². The van der Waals surface area contributed by atoms with E-state index in [0.29, 0.717) is 13.2 Å². The molecule has 0 spiro atoms. The van der Waals surface area contributed by atoms with E-state index in [9.17, 15) is 8.42 Å². The second-order valence-corrected chi connectivity index (χ2v) is 7.64. The van der Waals surface area contributed by atoms with Gasteiger partial charge in [0.25, 0.3) is 10.1 Å². The molecule has 0 aliphatic carbocycles. The molecule has 0 unspecified atom stereocenters. The normalized spacial score (nSPS) is 12.8. The first-order valence-electron chi connectivity index (χ1n) is 8.07. The summed E-state index contributed by atoms with van der Waals surface area (Å²) in [5.74, 6) is 0.755. The Morgan fingerprint density at radius 3 is 2.20 bits per heavy atom. The lowest BCUT2D eigenvalue weighted by atomic mass is 10.2. The first-order chi connectivity index (χ1) is 11.9. The highest BCUT2D eigenvalue weighted by atomic mass is 32.2. The van der Waals surface area contributed by atoms with Crippen LogP contribution >= 0.6 is 0 Å². The van der Waals surface area contributed by atoms with Crippen molar-refractivity contribution in [3.8, 4) is 5.75 Å². The lowest BCUT2D eigenvalue weighted by Gasteiger charge is -2.13. The molecule has 0 saturated heterocycles. The number of hydrogen-bond donors (Lipinski definition) is 0. The largest absolute Gasteiger partial charge is 0.497 e. The Labute approximate surface area is 149 Å². The summed E-state index contributed by atoms with van der Waals surface area (Å²) < 4.78 is 40.1. The second-order valence-electron chi connectivity index (χ2n) is 6.02. The predicted octanol–water partition coefficient (Wildman–Crippen LogP) is 3.56. The van der Waals surface area contributed by atoms with Crippen LogP contribution in [0.4, 0.5) is 0 Å². The number of rotatable bonds is 9. The first-order valence-corrected chi connectivity index (χ1v) is 9.48. The monoisotopic (exact) mass is 364 g/mol. The third-order valence-corrected chi connectivity index (χ3v) is 4.94. The molecule has 2 aromatic rings. The number of hydrogen-bond acceptors (Lipinski definition) is 5. The minimum Gasteiger partial charge on any atom is -0.497 e. The van der Waals surface area contributed by atoms with Crippen LogP contribution in [0, 0.1) is 12.8 Å². The predicted molar refractivity (Wildman–Crippen MR) is 96.1 cm³/mol. The molecule has 0 aliphatic heterocycles. The van der Waals surface area contributed by atoms with E-state index in [0.717, 1.165) is 16.9 Å². The van der Waals surface area contributed by atoms with Crippen molar-refractivity contribution in [2.75, 3.05) is 20.3 Å². The molecule has 0 heterocycles. The molecule has 25 heavy (non-hydrogen) atoms. The molecular weight excluding hydrogens is 340 g/mol. The van der Waals surface area contributed by atoms with Gasteiger partial charge in [-0.15, -0.1) is 0 Å². The Kier molecular flexibility index (Phi) is 6.99. The van der Waals surface area contributed by atoms with Crippen molar-refractivity contribution in [3.63, 3.8) is 0 Å². The molecule has 2 rings (SSSR count). The molecule has 0 N–H and O–H groups in total. The van der Waals surface area contributed by atoms with Crippen molar-refractivity contribution in [1.82, 2.24) is 0 Å². The van der Waals surface area contributed by atoms with E-state index in [2.05, 4.69) is 0 Å². The Morgan fingerprint density at radius 2 is 1.60 bits per heavy atom. The fraction of sp³-hybridized carbons (Fsp3) is 0.368. The minimum absolute atomic E-state index is 0.0431. The van der Waals surface area contributed by atoms with Crippen molar-refractivity contribution in [2.45, 2.75) is 25.3 Å². The summed E-state index contributed by atoms with van der Waals surface area (Å²) in [6.45, 7) is 4.74. The van der Waals surface area contributed by atoms with Gasteiger partial charge in [-0.05, 0) is 36.8 Å². The Hall–Kier alpha value is -1.89. The van der Waals surface area contributed by atoms with E-state index in [-0.39, 0.29) is 17.4 Å². The van der Waals surface area contributed by atoms with Crippen molar-refractivity contribution in [3.05, 3.63) is 59.7 Å². The van der Waals surface area contributed by atoms with Crippen LogP contribution in [-0.2, 0) is 25.6 Å². The van der Waals surface area contributed by atoms with E-state index >= 15 is 0 Å². The average molecular weight is 364 g/mol. The Bertz CT molecular complexity index is 751. The van der Waals surface area contributed by atoms with Crippen molar-refractivity contribution >= 4 is 10.1 Å². The van der Waals surface area contributed by atoms with Crippen molar-refractivity contribution in [2.24, 2.45) is 5.92 Å². The quantitative estimate of drug-likeness (QED) is 0.637. The molecule has 2 aromatic carbocycles. The number of aryl methyl sites for hydroxylation is 1. The van der Waals surface area contributed by atoms with Crippen LogP contribution in [0.5, 0.6) is 5.75 Å². The van der Waals surface area contributed by atoms with Gasteiger partial charge in [0.1, 0.15) is 5.75 Å². The third kappa shape index (κ3) is 6.16. The highest BCUT2D eigenvalue weighted by Gasteiger charge is 2.16. The molecule has 136 valence electrons. The lowest BCUT2D eigenvalue weighted by molar-refractivity contribution is 0.0753. The summed E-state index contributed by atoms with van der Waals surface area (Å²) in [7, 11) is -2.10. The van der Waals surface area contributed by atoms with Crippen LogP contribution < -0.4 is 4.74 Å². The van der Waals surface area contributed by atoms with Gasteiger partial charge in [0.05, 0.1) is 31.8 Å². The van der Waals surface area contributed by atoms with Crippen LogP contribution in [0.25, 0.3) is 0 Å². The Morgan fingerprint density at radius 1 is 0.960 bits per heavy atom. The molecule has 1 atom stereocenters. The van der Waals surface area contributed by atoms with Gasteiger partial charge in [-0.2, -0.15) is 8.42 Å². The maximum absolute atomic E-state index is 12.1. The molecule has 0 fully saturated rings. The maximum atomic E-state index is 12.1. The van der Waals surface area contributed by atoms with Gasteiger partial charge in [-0.25, -0.2) is 0 Å². The smallest absolute Gasteiger partial charge is 0.296 e. The fourth-order valence-electron chi connectivity index (χ4n) is 2.13. The number of benzene rings is 2. The minimum atomic E-state index is -3.73. The fourth-order valence-corrected chi connectivity index (χ4v) is 3.14. The molecular formula is C19H24O5S. The number of ether oxygens (including phenoxy) is 2. The third-order valence-electron chi connectivity index (χ3n) is 3.65. The van der Waals surface area contributed by atoms with Crippen LogP contribution in [0.15, 0.2) is 53.4 Å². The molecule has 0 aliphatic rings. The van der Waals surface area contributed by atoms with Gasteiger partial charge in [0, 0.05) is 5.92 Å². The van der Waals surface area contributed by atoms with E-state index in [4.69, 9.17) is 13.7 Å². The zero-order valence-electron chi connectivity index (χ0n) is 14.8. The molecule has 0 amide bonds. The number of methoxy groups -OCH3 is 1. The van der Waals surface area contributed by atoms with Crippen LogP contribution in [0.2, 0.25) is 0 Å². The van der Waals surface area contributed by atoms with Crippen molar-refractivity contribution < 1.29 is 22.1 Å². The van der Waals surface area contributed by atoms with Gasteiger partial charge in [-0.1, -0.05) is 36.8 Å². The summed E-state index contributed by atoms with van der Waals surface area (Å²) in [5, 5.41) is 0. The summed E-state index contributed by atoms with van der Waals surface area (Å²) >= 11 is 0. The van der Waals surface area contributed by atoms with Crippen LogP contribution in [0.3, 0.4) is 0 Å².